The molecule has 162 valence electrons. The second-order valence-electron chi connectivity index (χ2n) is 7.00. The highest BCUT2D eigenvalue weighted by molar-refractivity contribution is 7.98. The number of carbonyl (C=O) groups excluding carboxylic acids is 1. The molecule has 0 radical (unpaired) electrons. The molecule has 0 bridgehead atoms. The maximum atomic E-state index is 12.7. The van der Waals surface area contributed by atoms with Crippen LogP contribution in [0.15, 0.2) is 35.5 Å². The maximum Gasteiger partial charge on any atom is 0.254 e. The van der Waals surface area contributed by atoms with Crippen LogP contribution >= 0.6 is 11.8 Å². The van der Waals surface area contributed by atoms with Crippen molar-refractivity contribution in [2.75, 3.05) is 51.4 Å². The van der Waals surface area contributed by atoms with Crippen molar-refractivity contribution in [1.82, 2.24) is 14.9 Å². The number of morpholine rings is 1. The summed E-state index contributed by atoms with van der Waals surface area (Å²) in [5.74, 6) is 1.67. The molecule has 1 aliphatic rings. The summed E-state index contributed by atoms with van der Waals surface area (Å²) in [4.78, 5) is 26.2. The van der Waals surface area contributed by atoms with Gasteiger partial charge in [0.2, 0.25) is 0 Å². The van der Waals surface area contributed by atoms with Crippen molar-refractivity contribution in [3.63, 3.8) is 0 Å². The van der Waals surface area contributed by atoms with Crippen LogP contribution in [0.5, 0.6) is 0 Å². The Morgan fingerprint density at radius 3 is 2.67 bits per heavy atom. The molecule has 2 heterocycles. The fraction of sp³-hybridized carbons (Fsp3) is 0.500. The van der Waals surface area contributed by atoms with Crippen molar-refractivity contribution in [2.24, 2.45) is 0 Å². The highest BCUT2D eigenvalue weighted by Crippen LogP contribution is 2.24. The number of benzene rings is 1. The van der Waals surface area contributed by atoms with Gasteiger partial charge < -0.3 is 19.3 Å². The van der Waals surface area contributed by atoms with Gasteiger partial charge in [-0.3, -0.25) is 4.79 Å². The Balaban J connectivity index is 1.72. The van der Waals surface area contributed by atoms with Crippen molar-refractivity contribution in [3.05, 3.63) is 47.2 Å². The van der Waals surface area contributed by atoms with Crippen molar-refractivity contribution < 1.29 is 14.3 Å². The lowest BCUT2D eigenvalue weighted by molar-refractivity contribution is 0.0303. The zero-order valence-electron chi connectivity index (χ0n) is 18.0. The molecule has 1 amide bonds. The van der Waals surface area contributed by atoms with Gasteiger partial charge >= 0.3 is 0 Å². The van der Waals surface area contributed by atoms with E-state index >= 15 is 0 Å². The van der Waals surface area contributed by atoms with E-state index in [-0.39, 0.29) is 5.91 Å². The van der Waals surface area contributed by atoms with Gasteiger partial charge in [-0.1, -0.05) is 23.9 Å². The van der Waals surface area contributed by atoms with Gasteiger partial charge in [0.05, 0.1) is 25.5 Å². The minimum Gasteiger partial charge on any atom is -0.378 e. The average Bonchev–Trinajstić information content (AvgIpc) is 2.79. The summed E-state index contributed by atoms with van der Waals surface area (Å²) in [6.07, 6.45) is 0. The summed E-state index contributed by atoms with van der Waals surface area (Å²) in [5, 5.41) is 0.719. The zero-order chi connectivity index (χ0) is 21.3. The fourth-order valence-corrected chi connectivity index (χ4v) is 4.16. The molecule has 1 fully saturated rings. The normalized spacial score (nSPS) is 14.0. The van der Waals surface area contributed by atoms with Gasteiger partial charge in [0.25, 0.3) is 5.91 Å². The molecule has 1 saturated heterocycles. The molecule has 0 atom stereocenters. The topological polar surface area (TPSA) is 67.8 Å². The number of amides is 1. The quantitative estimate of drug-likeness (QED) is 0.447. The first-order valence-electron chi connectivity index (χ1n) is 10.3. The Morgan fingerprint density at radius 1 is 1.20 bits per heavy atom. The van der Waals surface area contributed by atoms with Gasteiger partial charge in [-0.15, -0.1) is 0 Å². The molecule has 3 rings (SSSR count). The summed E-state index contributed by atoms with van der Waals surface area (Å²) >= 11 is 1.57. The van der Waals surface area contributed by atoms with Crippen LogP contribution < -0.4 is 4.90 Å². The van der Waals surface area contributed by atoms with Gasteiger partial charge in [-0.25, -0.2) is 9.97 Å². The van der Waals surface area contributed by atoms with E-state index in [4.69, 9.17) is 14.5 Å². The largest absolute Gasteiger partial charge is 0.378 e. The lowest BCUT2D eigenvalue weighted by Gasteiger charge is -2.27. The summed E-state index contributed by atoms with van der Waals surface area (Å²) in [7, 11) is 1.67. The van der Waals surface area contributed by atoms with E-state index in [0.29, 0.717) is 44.2 Å². The Labute approximate surface area is 182 Å². The smallest absolute Gasteiger partial charge is 0.254 e. The molecule has 8 heteroatoms. The van der Waals surface area contributed by atoms with Crippen LogP contribution in [0, 0.1) is 0 Å². The highest BCUT2D eigenvalue weighted by Gasteiger charge is 2.18. The number of carbonyl (C=O) groups is 1. The number of ether oxygens (including phenoxy) is 2. The molecule has 2 aromatic rings. The third-order valence-electron chi connectivity index (χ3n) is 4.96. The number of methoxy groups -OCH3 is 1. The lowest BCUT2D eigenvalue weighted by atomic mass is 10.1. The van der Waals surface area contributed by atoms with E-state index in [9.17, 15) is 4.79 Å². The minimum absolute atomic E-state index is 0.0623. The van der Waals surface area contributed by atoms with E-state index < -0.39 is 0 Å². The van der Waals surface area contributed by atoms with Crippen LogP contribution in [0.3, 0.4) is 0 Å². The second-order valence-corrected chi connectivity index (χ2v) is 7.94. The van der Waals surface area contributed by atoms with E-state index in [1.807, 2.05) is 35.2 Å². The standard InChI is InChI=1S/C22H30N4O3S/c1-4-25(5-2)20-14-19(15-28-3)23-22(24-20)30-16-17-7-6-8-18(13-17)21(27)26-9-11-29-12-10-26/h6-8,13-14H,4-5,9-12,15-16H2,1-3H3. The zero-order valence-corrected chi connectivity index (χ0v) is 18.8. The number of thioether (sulfide) groups is 1. The van der Waals surface area contributed by atoms with Gasteiger partial charge in [-0.2, -0.15) is 0 Å². The number of rotatable bonds is 9. The van der Waals surface area contributed by atoms with E-state index in [1.165, 1.54) is 0 Å². The average molecular weight is 431 g/mol. The van der Waals surface area contributed by atoms with Crippen molar-refractivity contribution in [3.8, 4) is 0 Å². The SMILES string of the molecule is CCN(CC)c1cc(COC)nc(SCc2cccc(C(=O)N3CCOCC3)c2)n1. The van der Waals surface area contributed by atoms with Crippen molar-refractivity contribution in [1.29, 1.82) is 0 Å². The predicted octanol–water partition coefficient (Wildman–Crippen LogP) is 3.23. The molecule has 1 aromatic heterocycles. The molecule has 0 unspecified atom stereocenters. The van der Waals surface area contributed by atoms with Crippen LogP contribution in [0.1, 0.15) is 35.5 Å². The van der Waals surface area contributed by atoms with Crippen molar-refractivity contribution >= 4 is 23.5 Å². The van der Waals surface area contributed by atoms with Crippen molar-refractivity contribution in [2.45, 2.75) is 31.4 Å². The van der Waals surface area contributed by atoms with Crippen LogP contribution in [0.4, 0.5) is 5.82 Å². The van der Waals surface area contributed by atoms with Gasteiger partial charge in [0.15, 0.2) is 5.16 Å². The molecule has 0 saturated carbocycles. The third-order valence-corrected chi connectivity index (χ3v) is 5.88. The Kier molecular flexibility index (Phi) is 8.48. The number of anilines is 1. The first-order chi connectivity index (χ1) is 14.6. The van der Waals surface area contributed by atoms with E-state index in [0.717, 1.165) is 35.3 Å². The number of aromatic nitrogens is 2. The molecular weight excluding hydrogens is 400 g/mol. The number of hydrogen-bond acceptors (Lipinski definition) is 7. The molecule has 1 aromatic carbocycles. The fourth-order valence-electron chi connectivity index (χ4n) is 3.35. The Hall–Kier alpha value is -2.16. The van der Waals surface area contributed by atoms with E-state index in [2.05, 4.69) is 23.7 Å². The molecule has 1 aliphatic heterocycles. The Bertz CT molecular complexity index is 839. The van der Waals surface area contributed by atoms with Gasteiger partial charge in [-0.05, 0) is 31.5 Å². The Morgan fingerprint density at radius 2 is 1.97 bits per heavy atom. The molecule has 30 heavy (non-hydrogen) atoms. The molecule has 0 N–H and O–H groups in total. The first-order valence-corrected chi connectivity index (χ1v) is 11.3. The summed E-state index contributed by atoms with van der Waals surface area (Å²) in [6, 6.07) is 9.80. The third kappa shape index (κ3) is 5.93. The van der Waals surface area contributed by atoms with Crippen LogP contribution in [0.25, 0.3) is 0 Å². The molecule has 7 nitrogen and oxygen atoms in total. The molecule has 0 spiro atoms. The monoisotopic (exact) mass is 430 g/mol. The second kappa shape index (κ2) is 11.3. The lowest BCUT2D eigenvalue weighted by Crippen LogP contribution is -2.40. The number of hydrogen-bond donors (Lipinski definition) is 0. The maximum absolute atomic E-state index is 12.7. The summed E-state index contributed by atoms with van der Waals surface area (Å²) < 4.78 is 10.6. The summed E-state index contributed by atoms with van der Waals surface area (Å²) in [6.45, 7) is 8.95. The van der Waals surface area contributed by atoms with Gasteiger partial charge in [0, 0.05) is 50.7 Å². The van der Waals surface area contributed by atoms with E-state index in [1.54, 1.807) is 18.9 Å². The molecule has 0 aliphatic carbocycles. The minimum atomic E-state index is 0.0623. The molecular formula is C22H30N4O3S. The predicted molar refractivity (Wildman–Crippen MR) is 119 cm³/mol. The van der Waals surface area contributed by atoms with Crippen LogP contribution in [-0.4, -0.2) is 67.3 Å². The first kappa shape index (κ1) is 22.5. The highest BCUT2D eigenvalue weighted by atomic mass is 32.2. The number of nitrogens with zero attached hydrogens (tertiary/aromatic N) is 4. The van der Waals surface area contributed by atoms with Crippen LogP contribution in [-0.2, 0) is 21.8 Å². The van der Waals surface area contributed by atoms with Gasteiger partial charge in [0.1, 0.15) is 5.82 Å². The summed E-state index contributed by atoms with van der Waals surface area (Å²) in [5.41, 5.74) is 2.66. The van der Waals surface area contributed by atoms with Crippen LogP contribution in [0.2, 0.25) is 0 Å².